The van der Waals surface area contributed by atoms with E-state index in [0.29, 0.717) is 11.4 Å². The van der Waals surface area contributed by atoms with Gasteiger partial charge in [0.1, 0.15) is 5.82 Å². The first kappa shape index (κ1) is 14.3. The van der Waals surface area contributed by atoms with Gasteiger partial charge in [-0.3, -0.25) is 4.79 Å². The van der Waals surface area contributed by atoms with Crippen molar-refractivity contribution in [1.82, 2.24) is 4.98 Å². The van der Waals surface area contributed by atoms with Crippen molar-refractivity contribution in [2.75, 3.05) is 5.32 Å². The van der Waals surface area contributed by atoms with E-state index in [1.165, 1.54) is 18.4 Å². The van der Waals surface area contributed by atoms with Gasteiger partial charge >= 0.3 is 0 Å². The van der Waals surface area contributed by atoms with Gasteiger partial charge in [-0.05, 0) is 50.2 Å². The Hall–Kier alpha value is -1.62. The molecule has 2 atom stereocenters. The molecule has 21 heavy (non-hydrogen) atoms. The van der Waals surface area contributed by atoms with Crippen molar-refractivity contribution in [3.63, 3.8) is 0 Å². The van der Waals surface area contributed by atoms with Gasteiger partial charge in [0.15, 0.2) is 0 Å². The van der Waals surface area contributed by atoms with E-state index in [1.54, 1.807) is 0 Å². The molecule has 2 aliphatic carbocycles. The number of amides is 1. The van der Waals surface area contributed by atoms with Gasteiger partial charge in [-0.2, -0.15) is 0 Å². The van der Waals surface area contributed by atoms with Crippen LogP contribution in [0.4, 0.5) is 5.82 Å². The molecule has 3 rings (SSSR count). The molecule has 0 spiro atoms. The highest BCUT2D eigenvalue weighted by Crippen LogP contribution is 2.27. The second-order valence-corrected chi connectivity index (χ2v) is 6.26. The Morgan fingerprint density at radius 3 is 2.71 bits per heavy atom. The first-order chi connectivity index (χ1) is 10.1. The van der Waals surface area contributed by atoms with E-state index in [4.69, 9.17) is 16.5 Å². The van der Waals surface area contributed by atoms with Crippen molar-refractivity contribution in [2.24, 2.45) is 11.5 Å². The van der Waals surface area contributed by atoms with Crippen LogP contribution >= 0.6 is 0 Å². The zero-order chi connectivity index (χ0) is 14.8. The minimum absolute atomic E-state index is 0.123. The standard InChI is InChI=1S/C16H24N4O/c17-12-6-2-4-8-14(12)20-16-11(15(18)21)9-10-5-1-3-7-13(10)19-16/h9,12,14H,1-8,17H2,(H2,18,21)(H,19,20). The number of hydrogen-bond acceptors (Lipinski definition) is 4. The number of aromatic nitrogens is 1. The van der Waals surface area contributed by atoms with Crippen LogP contribution in [0.15, 0.2) is 6.07 Å². The lowest BCUT2D eigenvalue weighted by atomic mass is 9.90. The van der Waals surface area contributed by atoms with E-state index >= 15 is 0 Å². The third kappa shape index (κ3) is 3.02. The predicted octanol–water partition coefficient (Wildman–Crippen LogP) is 1.74. The van der Waals surface area contributed by atoms with Crippen LogP contribution < -0.4 is 16.8 Å². The summed E-state index contributed by atoms with van der Waals surface area (Å²) < 4.78 is 0. The van der Waals surface area contributed by atoms with Crippen LogP contribution in [0.25, 0.3) is 0 Å². The highest BCUT2D eigenvalue weighted by molar-refractivity contribution is 5.97. The third-order valence-electron chi connectivity index (χ3n) is 4.71. The number of nitrogens with one attached hydrogen (secondary N) is 1. The molecule has 0 aliphatic heterocycles. The minimum atomic E-state index is -0.414. The van der Waals surface area contributed by atoms with E-state index in [9.17, 15) is 4.79 Å². The van der Waals surface area contributed by atoms with Gasteiger partial charge in [0, 0.05) is 17.8 Å². The summed E-state index contributed by atoms with van der Waals surface area (Å²) in [5.74, 6) is 0.216. The number of rotatable bonds is 3. The van der Waals surface area contributed by atoms with Gasteiger partial charge in [0.05, 0.1) is 5.56 Å². The molecule has 1 aromatic heterocycles. The topological polar surface area (TPSA) is 94.0 Å². The normalized spacial score (nSPS) is 25.2. The Morgan fingerprint density at radius 2 is 1.95 bits per heavy atom. The average Bonchev–Trinajstić information content (AvgIpc) is 2.48. The second kappa shape index (κ2) is 6.02. The molecule has 0 aromatic carbocycles. The molecule has 1 aromatic rings. The summed E-state index contributed by atoms with van der Waals surface area (Å²) in [7, 11) is 0. The van der Waals surface area contributed by atoms with Crippen LogP contribution in [0.5, 0.6) is 0 Å². The van der Waals surface area contributed by atoms with Gasteiger partial charge in [-0.15, -0.1) is 0 Å². The molecule has 0 bridgehead atoms. The number of hydrogen-bond donors (Lipinski definition) is 3. The highest BCUT2D eigenvalue weighted by atomic mass is 16.1. The summed E-state index contributed by atoms with van der Waals surface area (Å²) in [6.45, 7) is 0. The average molecular weight is 288 g/mol. The molecule has 5 N–H and O–H groups in total. The molecule has 5 heteroatoms. The fourth-order valence-electron chi connectivity index (χ4n) is 3.45. The van der Waals surface area contributed by atoms with Crippen molar-refractivity contribution in [2.45, 2.75) is 63.5 Å². The molecule has 2 unspecified atom stereocenters. The SMILES string of the molecule is NC(=O)c1cc2c(nc1NC1CCCCC1N)CCCC2. The Balaban J connectivity index is 1.90. The number of fused-ring (bicyclic) bond motifs is 1. The summed E-state index contributed by atoms with van der Waals surface area (Å²) >= 11 is 0. The Bertz CT molecular complexity index is 543. The number of anilines is 1. The summed E-state index contributed by atoms with van der Waals surface area (Å²) in [6.07, 6.45) is 8.70. The lowest BCUT2D eigenvalue weighted by molar-refractivity contribution is 0.100. The zero-order valence-corrected chi connectivity index (χ0v) is 12.4. The molecule has 1 saturated carbocycles. The third-order valence-corrected chi connectivity index (χ3v) is 4.71. The van der Waals surface area contributed by atoms with E-state index < -0.39 is 5.91 Å². The summed E-state index contributed by atoms with van der Waals surface area (Å²) in [5.41, 5.74) is 14.5. The van der Waals surface area contributed by atoms with Crippen LogP contribution in [0.3, 0.4) is 0 Å². The molecular weight excluding hydrogens is 264 g/mol. The molecular formula is C16H24N4O. The largest absolute Gasteiger partial charge is 0.365 e. The number of carbonyl (C=O) groups excluding carboxylic acids is 1. The molecule has 1 fully saturated rings. The minimum Gasteiger partial charge on any atom is -0.365 e. The maximum atomic E-state index is 11.7. The fraction of sp³-hybridized carbons (Fsp3) is 0.625. The zero-order valence-electron chi connectivity index (χ0n) is 12.4. The number of primary amides is 1. The summed E-state index contributed by atoms with van der Waals surface area (Å²) in [6, 6.07) is 2.24. The van der Waals surface area contributed by atoms with Crippen LogP contribution in [-0.4, -0.2) is 23.0 Å². The number of carbonyl (C=O) groups is 1. The van der Waals surface area contributed by atoms with E-state index in [0.717, 1.165) is 44.2 Å². The first-order valence-electron chi connectivity index (χ1n) is 8.00. The highest BCUT2D eigenvalue weighted by Gasteiger charge is 2.25. The smallest absolute Gasteiger partial charge is 0.252 e. The molecule has 2 aliphatic rings. The lowest BCUT2D eigenvalue weighted by Gasteiger charge is -2.30. The van der Waals surface area contributed by atoms with Crippen molar-refractivity contribution >= 4 is 11.7 Å². The van der Waals surface area contributed by atoms with E-state index in [-0.39, 0.29) is 12.1 Å². The second-order valence-electron chi connectivity index (χ2n) is 6.26. The number of nitrogens with zero attached hydrogens (tertiary/aromatic N) is 1. The number of nitrogens with two attached hydrogens (primary N) is 2. The van der Waals surface area contributed by atoms with Crippen LogP contribution in [0.1, 0.15) is 60.1 Å². The van der Waals surface area contributed by atoms with Gasteiger partial charge in [0.2, 0.25) is 0 Å². The monoisotopic (exact) mass is 288 g/mol. The molecule has 1 heterocycles. The quantitative estimate of drug-likeness (QED) is 0.789. The lowest BCUT2D eigenvalue weighted by Crippen LogP contribution is -2.43. The number of aryl methyl sites for hydroxylation is 2. The Morgan fingerprint density at radius 1 is 1.19 bits per heavy atom. The first-order valence-corrected chi connectivity index (χ1v) is 8.00. The maximum absolute atomic E-state index is 11.7. The maximum Gasteiger partial charge on any atom is 0.252 e. The van der Waals surface area contributed by atoms with Gasteiger partial charge in [0.25, 0.3) is 5.91 Å². The number of pyridine rings is 1. The van der Waals surface area contributed by atoms with Crippen LogP contribution in [-0.2, 0) is 12.8 Å². The fourth-order valence-corrected chi connectivity index (χ4v) is 3.45. The van der Waals surface area contributed by atoms with Crippen molar-refractivity contribution < 1.29 is 4.79 Å². The van der Waals surface area contributed by atoms with Crippen molar-refractivity contribution in [3.05, 3.63) is 22.9 Å². The van der Waals surface area contributed by atoms with Gasteiger partial charge in [-0.1, -0.05) is 12.8 Å². The van der Waals surface area contributed by atoms with Gasteiger partial charge < -0.3 is 16.8 Å². The van der Waals surface area contributed by atoms with E-state index in [2.05, 4.69) is 5.32 Å². The predicted molar refractivity (Wildman–Crippen MR) is 83.3 cm³/mol. The van der Waals surface area contributed by atoms with Gasteiger partial charge in [-0.25, -0.2) is 4.98 Å². The molecule has 1 amide bonds. The van der Waals surface area contributed by atoms with Crippen LogP contribution in [0.2, 0.25) is 0 Å². The summed E-state index contributed by atoms with van der Waals surface area (Å²) in [5, 5.41) is 3.39. The molecule has 5 nitrogen and oxygen atoms in total. The Labute approximate surface area is 125 Å². The Kier molecular flexibility index (Phi) is 4.10. The summed E-state index contributed by atoms with van der Waals surface area (Å²) in [4.78, 5) is 16.4. The van der Waals surface area contributed by atoms with Crippen molar-refractivity contribution in [3.8, 4) is 0 Å². The molecule has 0 saturated heterocycles. The van der Waals surface area contributed by atoms with E-state index in [1.807, 2.05) is 6.07 Å². The molecule has 0 radical (unpaired) electrons. The van der Waals surface area contributed by atoms with Crippen molar-refractivity contribution in [1.29, 1.82) is 0 Å². The van der Waals surface area contributed by atoms with Crippen LogP contribution in [0, 0.1) is 0 Å². The molecule has 114 valence electrons.